The Bertz CT molecular complexity index is 1280. The van der Waals surface area contributed by atoms with Crippen LogP contribution in [0.1, 0.15) is 251 Å². The molecule has 70 heavy (non-hydrogen) atoms. The van der Waals surface area contributed by atoms with Gasteiger partial charge in [-0.05, 0) is 83.5 Å². The molecule has 0 spiro atoms. The van der Waals surface area contributed by atoms with E-state index in [0.29, 0.717) is 19.3 Å². The van der Waals surface area contributed by atoms with Crippen molar-refractivity contribution in [3.8, 4) is 0 Å². The number of aliphatic hydroxyl groups is 7. The van der Waals surface area contributed by atoms with Crippen LogP contribution in [0.15, 0.2) is 48.6 Å². The molecular weight excluding hydrogens is 883 g/mol. The smallest absolute Gasteiger partial charge is 0.249 e. The van der Waals surface area contributed by atoms with E-state index in [4.69, 9.17) is 9.47 Å². The highest BCUT2D eigenvalue weighted by atomic mass is 16.7. The van der Waals surface area contributed by atoms with Crippen LogP contribution < -0.4 is 5.32 Å². The van der Waals surface area contributed by atoms with Crippen LogP contribution in [-0.2, 0) is 14.3 Å². The predicted molar refractivity (Wildman–Crippen MR) is 288 cm³/mol. The number of hydrogen-bond acceptors (Lipinski definition) is 10. The third-order valence-electron chi connectivity index (χ3n) is 13.8. The molecule has 1 heterocycles. The Balaban J connectivity index is 2.29. The molecule has 11 heteroatoms. The first kappa shape index (κ1) is 66.1. The van der Waals surface area contributed by atoms with E-state index in [0.717, 1.165) is 44.9 Å². The standard InChI is InChI=1S/C59H109NO10/c1-3-5-7-9-11-13-15-17-19-20-21-22-23-24-25-26-27-28-29-30-31-33-35-37-39-41-43-45-47-52(63)58(68)60-50(49-69-59-57(67)56(66)55(65)53(48-61)70-59)54(64)51(62)46-44-42-40-38-36-34-32-18-16-14-12-10-8-6-4-2/h18,21-22,24-25,32,38,40,50-57,59,61-67H,3-17,19-20,23,26-31,33-37,39,41-49H2,1-2H3,(H,60,68)/b22-21-,25-24-,32-18+,40-38+. The van der Waals surface area contributed by atoms with E-state index in [1.54, 1.807) is 0 Å². The second-order valence-corrected chi connectivity index (χ2v) is 20.3. The molecule has 410 valence electrons. The molecule has 0 aromatic heterocycles. The van der Waals surface area contributed by atoms with E-state index < -0.39 is 74.2 Å². The minimum Gasteiger partial charge on any atom is -0.394 e. The number of unbranched alkanes of at least 4 members (excludes halogenated alkanes) is 29. The summed E-state index contributed by atoms with van der Waals surface area (Å²) in [4.78, 5) is 13.2. The molecule has 1 fully saturated rings. The Morgan fingerprint density at radius 2 is 0.900 bits per heavy atom. The van der Waals surface area contributed by atoms with Crippen LogP contribution in [0.25, 0.3) is 0 Å². The van der Waals surface area contributed by atoms with Crippen molar-refractivity contribution in [2.75, 3.05) is 13.2 Å². The average Bonchev–Trinajstić information content (AvgIpc) is 3.36. The van der Waals surface area contributed by atoms with E-state index in [-0.39, 0.29) is 12.8 Å². The van der Waals surface area contributed by atoms with Crippen molar-refractivity contribution in [1.29, 1.82) is 0 Å². The Morgan fingerprint density at radius 1 is 0.500 bits per heavy atom. The van der Waals surface area contributed by atoms with E-state index >= 15 is 0 Å². The van der Waals surface area contributed by atoms with Crippen LogP contribution in [-0.4, -0.2) is 110 Å². The largest absolute Gasteiger partial charge is 0.394 e. The van der Waals surface area contributed by atoms with Crippen LogP contribution in [0.3, 0.4) is 0 Å². The summed E-state index contributed by atoms with van der Waals surface area (Å²) in [5, 5.41) is 76.0. The van der Waals surface area contributed by atoms with Gasteiger partial charge in [-0.1, -0.05) is 217 Å². The molecule has 8 N–H and O–H groups in total. The van der Waals surface area contributed by atoms with Crippen molar-refractivity contribution in [3.63, 3.8) is 0 Å². The lowest BCUT2D eigenvalue weighted by Gasteiger charge is -2.40. The first-order valence-corrected chi connectivity index (χ1v) is 29.0. The lowest BCUT2D eigenvalue weighted by molar-refractivity contribution is -0.303. The topological polar surface area (TPSA) is 189 Å². The number of rotatable bonds is 49. The van der Waals surface area contributed by atoms with Crippen LogP contribution in [0.5, 0.6) is 0 Å². The summed E-state index contributed by atoms with van der Waals surface area (Å²) in [5.74, 6) is -0.712. The van der Waals surface area contributed by atoms with Crippen molar-refractivity contribution >= 4 is 5.91 Å². The van der Waals surface area contributed by atoms with Gasteiger partial charge in [0, 0.05) is 0 Å². The molecule has 1 aliphatic heterocycles. The molecule has 9 unspecified atom stereocenters. The van der Waals surface area contributed by atoms with Gasteiger partial charge in [-0.25, -0.2) is 0 Å². The summed E-state index contributed by atoms with van der Waals surface area (Å²) in [7, 11) is 0. The van der Waals surface area contributed by atoms with Crippen molar-refractivity contribution in [2.45, 2.75) is 306 Å². The zero-order valence-electron chi connectivity index (χ0n) is 44.7. The number of ether oxygens (including phenoxy) is 2. The Morgan fingerprint density at radius 3 is 1.36 bits per heavy atom. The number of nitrogens with one attached hydrogen (secondary N) is 1. The van der Waals surface area contributed by atoms with Gasteiger partial charge in [-0.3, -0.25) is 4.79 Å². The monoisotopic (exact) mass is 992 g/mol. The fourth-order valence-corrected chi connectivity index (χ4v) is 9.08. The van der Waals surface area contributed by atoms with E-state index in [9.17, 15) is 40.5 Å². The molecule has 0 radical (unpaired) electrons. The van der Waals surface area contributed by atoms with Gasteiger partial charge in [0.25, 0.3) is 0 Å². The maximum atomic E-state index is 13.2. The van der Waals surface area contributed by atoms with Crippen LogP contribution in [0.4, 0.5) is 0 Å². The zero-order valence-corrected chi connectivity index (χ0v) is 44.7. The van der Waals surface area contributed by atoms with Crippen LogP contribution >= 0.6 is 0 Å². The summed E-state index contributed by atoms with van der Waals surface area (Å²) < 4.78 is 11.1. The zero-order chi connectivity index (χ0) is 51.1. The molecule has 1 saturated heterocycles. The van der Waals surface area contributed by atoms with Gasteiger partial charge in [0.05, 0.1) is 25.4 Å². The Labute approximate surface area is 428 Å². The maximum absolute atomic E-state index is 13.2. The van der Waals surface area contributed by atoms with Crippen molar-refractivity contribution in [1.82, 2.24) is 5.32 Å². The van der Waals surface area contributed by atoms with Crippen molar-refractivity contribution in [2.24, 2.45) is 0 Å². The Hall–Kier alpha value is -1.93. The van der Waals surface area contributed by atoms with Gasteiger partial charge in [-0.2, -0.15) is 0 Å². The summed E-state index contributed by atoms with van der Waals surface area (Å²) in [6, 6.07) is -1.19. The highest BCUT2D eigenvalue weighted by Gasteiger charge is 2.44. The molecule has 9 atom stereocenters. The number of allylic oxidation sites excluding steroid dienone is 8. The normalized spacial score (nSPS) is 20.6. The average molecular weight is 993 g/mol. The van der Waals surface area contributed by atoms with Crippen LogP contribution in [0.2, 0.25) is 0 Å². The number of amides is 1. The third-order valence-corrected chi connectivity index (χ3v) is 13.8. The van der Waals surface area contributed by atoms with Crippen LogP contribution in [0, 0.1) is 0 Å². The fraction of sp³-hybridized carbons (Fsp3) is 0.847. The van der Waals surface area contributed by atoms with Gasteiger partial charge >= 0.3 is 0 Å². The highest BCUT2D eigenvalue weighted by molar-refractivity contribution is 5.80. The minimum atomic E-state index is -1.67. The first-order valence-electron chi connectivity index (χ1n) is 29.0. The molecule has 1 aliphatic rings. The summed E-state index contributed by atoms with van der Waals surface area (Å²) >= 11 is 0. The molecule has 0 saturated carbocycles. The molecule has 1 rings (SSSR count). The lowest BCUT2D eigenvalue weighted by atomic mass is 9.98. The number of carbonyl (C=O) groups excluding carboxylic acids is 1. The molecule has 0 aromatic carbocycles. The quantitative estimate of drug-likeness (QED) is 0.0215. The number of carbonyl (C=O) groups is 1. The second-order valence-electron chi connectivity index (χ2n) is 20.3. The molecule has 11 nitrogen and oxygen atoms in total. The molecule has 1 amide bonds. The maximum Gasteiger partial charge on any atom is 0.249 e. The molecular formula is C59H109NO10. The van der Waals surface area contributed by atoms with Gasteiger partial charge < -0.3 is 50.5 Å². The number of aliphatic hydroxyl groups excluding tert-OH is 7. The minimum absolute atomic E-state index is 0.245. The highest BCUT2D eigenvalue weighted by Crippen LogP contribution is 2.23. The van der Waals surface area contributed by atoms with Gasteiger partial charge in [0.15, 0.2) is 6.29 Å². The first-order chi connectivity index (χ1) is 34.2. The number of hydrogen-bond donors (Lipinski definition) is 8. The van der Waals surface area contributed by atoms with Gasteiger partial charge in [-0.15, -0.1) is 0 Å². The van der Waals surface area contributed by atoms with Gasteiger partial charge in [0.1, 0.15) is 36.6 Å². The second kappa shape index (κ2) is 48.0. The van der Waals surface area contributed by atoms with Gasteiger partial charge in [0.2, 0.25) is 5.91 Å². The summed E-state index contributed by atoms with van der Waals surface area (Å²) in [6.45, 7) is 3.43. The molecule has 0 aliphatic carbocycles. The van der Waals surface area contributed by atoms with E-state index in [2.05, 4.69) is 67.8 Å². The molecule has 0 aromatic rings. The van der Waals surface area contributed by atoms with E-state index in [1.165, 1.54) is 161 Å². The Kier molecular flexibility index (Phi) is 45.3. The lowest BCUT2D eigenvalue weighted by Crippen LogP contribution is -2.60. The fourth-order valence-electron chi connectivity index (χ4n) is 9.08. The van der Waals surface area contributed by atoms with Crippen molar-refractivity contribution < 1.29 is 50.0 Å². The van der Waals surface area contributed by atoms with E-state index in [1.807, 2.05) is 0 Å². The summed E-state index contributed by atoms with van der Waals surface area (Å²) in [6.07, 6.45) is 48.9. The van der Waals surface area contributed by atoms with Crippen molar-refractivity contribution in [3.05, 3.63) is 48.6 Å². The molecule has 0 bridgehead atoms. The third kappa shape index (κ3) is 36.1. The SMILES string of the molecule is CCCCCCCC/C=C/CC/C=C/CCCC(O)C(O)C(COC1OC(CO)C(O)C(O)C1O)NC(=O)C(O)CCCCCCCCCCCCCC/C=C\C/C=C\CCCCCCCCCCC. The predicted octanol–water partition coefficient (Wildman–Crippen LogP) is 12.1. The summed E-state index contributed by atoms with van der Waals surface area (Å²) in [5.41, 5.74) is 0.